The number of aliphatic hydroxyl groups is 1. The van der Waals surface area contributed by atoms with Crippen LogP contribution in [0.25, 0.3) is 11.8 Å². The Morgan fingerprint density at radius 3 is 2.49 bits per heavy atom. The summed E-state index contributed by atoms with van der Waals surface area (Å²) < 4.78 is 32.2. The van der Waals surface area contributed by atoms with Crippen LogP contribution >= 0.6 is 11.6 Å². The first-order valence-electron chi connectivity index (χ1n) is 12.8. The first-order valence-corrected chi connectivity index (χ1v) is 13.2. The molecule has 0 aliphatic carbocycles. The first kappa shape index (κ1) is 28.1. The number of tetrazole rings is 1. The van der Waals surface area contributed by atoms with Crippen molar-refractivity contribution in [2.24, 2.45) is 5.92 Å². The van der Waals surface area contributed by atoms with E-state index in [9.17, 15) is 18.7 Å². The van der Waals surface area contributed by atoms with Crippen molar-refractivity contribution < 1.29 is 13.9 Å². The maximum Gasteiger partial charge on any atom is 0.368 e. The lowest BCUT2D eigenvalue weighted by atomic mass is 9.80. The molecule has 0 bridgehead atoms. The van der Waals surface area contributed by atoms with Crippen molar-refractivity contribution in [2.75, 3.05) is 0 Å². The summed E-state index contributed by atoms with van der Waals surface area (Å²) in [7, 11) is 0. The largest absolute Gasteiger partial charge is 0.383 e. The number of nitrogens with zero attached hydrogens (tertiary/aromatic N) is 7. The molecule has 5 aromatic rings. The molecule has 2 aromatic heterocycles. The normalized spacial score (nSPS) is 13.9. The van der Waals surface area contributed by atoms with Crippen LogP contribution in [0.15, 0.2) is 90.3 Å². The Bertz CT molecular complexity index is 1700. The van der Waals surface area contributed by atoms with Gasteiger partial charge in [-0.2, -0.15) is 14.5 Å². The predicted molar refractivity (Wildman–Crippen MR) is 149 cm³/mol. The van der Waals surface area contributed by atoms with Gasteiger partial charge in [0.2, 0.25) is 0 Å². The van der Waals surface area contributed by atoms with Gasteiger partial charge in [0.05, 0.1) is 18.8 Å². The number of benzene rings is 3. The number of hydrogen-bond acceptors (Lipinski definition) is 6. The average Bonchev–Trinajstić information content (AvgIpc) is 3.59. The molecule has 0 aliphatic heterocycles. The van der Waals surface area contributed by atoms with Gasteiger partial charge in [0.25, 0.3) is 0 Å². The third kappa shape index (κ3) is 6.31. The summed E-state index contributed by atoms with van der Waals surface area (Å²) in [5.74, 6) is -2.03. The molecule has 12 heteroatoms. The number of rotatable bonds is 10. The van der Waals surface area contributed by atoms with Crippen LogP contribution < -0.4 is 5.69 Å². The molecule has 0 fully saturated rings. The monoisotopic (exact) mass is 577 g/mol. The van der Waals surface area contributed by atoms with Gasteiger partial charge in [-0.05, 0) is 64.2 Å². The number of aromatic nitrogens is 7. The Balaban J connectivity index is 1.29. The molecule has 0 aliphatic rings. The lowest BCUT2D eigenvalue weighted by Gasteiger charge is -2.34. The van der Waals surface area contributed by atoms with Crippen molar-refractivity contribution in [1.29, 1.82) is 0 Å². The molecular formula is C29H26ClF2N7O2. The topological polar surface area (TPSA) is 104 Å². The van der Waals surface area contributed by atoms with E-state index in [1.165, 1.54) is 32.8 Å². The Morgan fingerprint density at radius 2 is 1.80 bits per heavy atom. The highest BCUT2D eigenvalue weighted by molar-refractivity contribution is 6.30. The summed E-state index contributed by atoms with van der Waals surface area (Å²) in [6.45, 7) is 1.99. The van der Waals surface area contributed by atoms with E-state index in [1.807, 2.05) is 36.4 Å². The van der Waals surface area contributed by atoms with E-state index < -0.39 is 23.2 Å². The van der Waals surface area contributed by atoms with E-state index in [2.05, 4.69) is 20.5 Å². The third-order valence-corrected chi connectivity index (χ3v) is 7.16. The van der Waals surface area contributed by atoms with E-state index in [0.717, 1.165) is 23.3 Å². The fraction of sp³-hybridized carbons (Fsp3) is 0.207. The van der Waals surface area contributed by atoms with E-state index in [4.69, 9.17) is 11.6 Å². The summed E-state index contributed by atoms with van der Waals surface area (Å²) >= 11 is 5.92. The second-order valence-electron chi connectivity index (χ2n) is 9.73. The fourth-order valence-corrected chi connectivity index (χ4v) is 4.66. The van der Waals surface area contributed by atoms with Gasteiger partial charge in [-0.15, -0.1) is 0 Å². The maximum atomic E-state index is 14.7. The van der Waals surface area contributed by atoms with Gasteiger partial charge >= 0.3 is 5.69 Å². The number of halogens is 3. The molecule has 0 spiro atoms. The second kappa shape index (κ2) is 11.9. The van der Waals surface area contributed by atoms with Gasteiger partial charge in [-0.1, -0.05) is 61.0 Å². The van der Waals surface area contributed by atoms with E-state index in [1.54, 1.807) is 31.2 Å². The van der Waals surface area contributed by atoms with Crippen LogP contribution in [-0.4, -0.2) is 39.7 Å². The molecule has 3 aromatic carbocycles. The quantitative estimate of drug-likeness (QED) is 0.260. The maximum absolute atomic E-state index is 14.7. The molecule has 9 nitrogen and oxygen atoms in total. The number of allylic oxidation sites excluding steroid dienone is 1. The highest BCUT2D eigenvalue weighted by Gasteiger charge is 2.38. The Hall–Kier alpha value is -4.48. The second-order valence-corrected chi connectivity index (χ2v) is 10.2. The van der Waals surface area contributed by atoms with E-state index in [0.29, 0.717) is 17.1 Å². The highest BCUT2D eigenvalue weighted by Crippen LogP contribution is 2.35. The fourth-order valence-electron chi connectivity index (χ4n) is 4.54. The predicted octanol–water partition coefficient (Wildman–Crippen LogP) is 4.63. The van der Waals surface area contributed by atoms with Gasteiger partial charge in [-0.25, -0.2) is 23.2 Å². The minimum absolute atomic E-state index is 0.0193. The number of hydrogen-bond donors (Lipinski definition) is 1. The molecule has 0 saturated carbocycles. The van der Waals surface area contributed by atoms with Crippen molar-refractivity contribution in [1.82, 2.24) is 34.6 Å². The Morgan fingerprint density at radius 1 is 1.05 bits per heavy atom. The van der Waals surface area contributed by atoms with Crippen molar-refractivity contribution in [3.63, 3.8) is 0 Å². The summed E-state index contributed by atoms with van der Waals surface area (Å²) in [5, 5.41) is 24.3. The molecule has 41 heavy (non-hydrogen) atoms. The Labute approximate surface area is 239 Å². The average molecular weight is 578 g/mol. The van der Waals surface area contributed by atoms with Crippen LogP contribution in [0, 0.1) is 17.6 Å². The molecule has 0 radical (unpaired) electrons. The van der Waals surface area contributed by atoms with Crippen molar-refractivity contribution in [2.45, 2.75) is 32.0 Å². The van der Waals surface area contributed by atoms with Crippen LogP contribution in [0.2, 0.25) is 5.02 Å². The standard InChI is InChI=1S/C29H26ClF2N7O2/c1-20(29(41,17-37-19-33-18-34-37)26-14-11-24(31)15-27(26)32)3-2-4-21-7-12-25(13-8-21)39-28(40)38(35-36-39)16-22-5-9-23(30)10-6-22/h2,4-15,18-20,41H,3,16-17H2,1H3/b4-2+/t20-,29+/m0/s1. The van der Waals surface area contributed by atoms with Crippen LogP contribution in [0.5, 0.6) is 0 Å². The van der Waals surface area contributed by atoms with Crippen molar-refractivity contribution >= 4 is 17.7 Å². The zero-order chi connectivity index (χ0) is 29.0. The minimum atomic E-state index is -1.68. The zero-order valence-electron chi connectivity index (χ0n) is 22.0. The lowest BCUT2D eigenvalue weighted by Crippen LogP contribution is -2.39. The van der Waals surface area contributed by atoms with Gasteiger partial charge in [0, 0.05) is 16.7 Å². The molecule has 0 saturated heterocycles. The van der Waals surface area contributed by atoms with Crippen LogP contribution in [0.4, 0.5) is 8.78 Å². The van der Waals surface area contributed by atoms with Crippen molar-refractivity contribution in [3.05, 3.63) is 129 Å². The van der Waals surface area contributed by atoms with E-state index >= 15 is 0 Å². The molecule has 5 rings (SSSR count). The molecule has 2 heterocycles. The lowest BCUT2D eigenvalue weighted by molar-refractivity contribution is -0.0379. The van der Waals surface area contributed by atoms with Gasteiger partial charge < -0.3 is 5.11 Å². The van der Waals surface area contributed by atoms with Gasteiger partial charge in [0.15, 0.2) is 0 Å². The smallest absolute Gasteiger partial charge is 0.368 e. The van der Waals surface area contributed by atoms with Crippen LogP contribution in [-0.2, 0) is 18.7 Å². The van der Waals surface area contributed by atoms with Crippen LogP contribution in [0.3, 0.4) is 0 Å². The summed E-state index contributed by atoms with van der Waals surface area (Å²) in [5.41, 5.74) is 0.186. The highest BCUT2D eigenvalue weighted by atomic mass is 35.5. The van der Waals surface area contributed by atoms with Gasteiger partial charge in [0.1, 0.15) is 29.9 Å². The SMILES string of the molecule is C[C@@H](C/C=C/c1ccc(-n2nnn(Cc3ccc(Cl)cc3)c2=O)cc1)[C@](O)(Cn1cncn1)c1ccc(F)cc1F. The molecule has 2 atom stereocenters. The molecular weight excluding hydrogens is 552 g/mol. The summed E-state index contributed by atoms with van der Waals surface area (Å²) in [6, 6.07) is 17.4. The molecule has 1 N–H and O–H groups in total. The zero-order valence-corrected chi connectivity index (χ0v) is 22.7. The third-order valence-electron chi connectivity index (χ3n) is 6.91. The first-order chi connectivity index (χ1) is 19.7. The molecule has 0 amide bonds. The Kier molecular flexibility index (Phi) is 8.18. The molecule has 0 unspecified atom stereocenters. The van der Waals surface area contributed by atoms with Gasteiger partial charge in [-0.3, -0.25) is 0 Å². The van der Waals surface area contributed by atoms with Crippen LogP contribution in [0.1, 0.15) is 30.0 Å². The van der Waals surface area contributed by atoms with E-state index in [-0.39, 0.29) is 24.3 Å². The summed E-state index contributed by atoms with van der Waals surface area (Å²) in [6.07, 6.45) is 6.85. The minimum Gasteiger partial charge on any atom is -0.383 e. The molecule has 210 valence electrons. The van der Waals surface area contributed by atoms with Crippen molar-refractivity contribution in [3.8, 4) is 5.69 Å². The summed E-state index contributed by atoms with van der Waals surface area (Å²) in [4.78, 5) is 16.7.